The highest BCUT2D eigenvalue weighted by Gasteiger charge is 2.14. The number of aryl methyl sites for hydroxylation is 1. The number of thiazole rings is 1. The lowest BCUT2D eigenvalue weighted by atomic mass is 10.4. The minimum absolute atomic E-state index is 0.121. The Morgan fingerprint density at radius 2 is 2.26 bits per heavy atom. The summed E-state index contributed by atoms with van der Waals surface area (Å²) in [6, 6.07) is 2.74. The normalized spacial score (nSPS) is 11.6. The van der Waals surface area contributed by atoms with Crippen molar-refractivity contribution in [2.24, 2.45) is 0 Å². The molecule has 0 radical (unpaired) electrons. The minimum Gasteiger partial charge on any atom is -0.384 e. The van der Waals surface area contributed by atoms with E-state index in [4.69, 9.17) is 5.73 Å². The van der Waals surface area contributed by atoms with Crippen LogP contribution in [0.5, 0.6) is 0 Å². The van der Waals surface area contributed by atoms with Crippen LogP contribution in [0.15, 0.2) is 28.6 Å². The van der Waals surface area contributed by atoms with Gasteiger partial charge in [0.2, 0.25) is 10.0 Å². The van der Waals surface area contributed by atoms with Gasteiger partial charge in [0, 0.05) is 36.3 Å². The molecule has 0 fully saturated rings. The maximum absolute atomic E-state index is 12.0. The first-order chi connectivity index (χ1) is 8.97. The second-order valence-electron chi connectivity index (χ2n) is 3.95. The Morgan fingerprint density at radius 1 is 1.47 bits per heavy atom. The summed E-state index contributed by atoms with van der Waals surface area (Å²) in [6.07, 6.45) is 1.94. The maximum atomic E-state index is 12.0. The topological polar surface area (TPSA) is 98.0 Å². The van der Waals surface area contributed by atoms with Crippen molar-refractivity contribution in [1.82, 2.24) is 14.7 Å². The molecule has 0 aliphatic carbocycles. The van der Waals surface area contributed by atoms with E-state index < -0.39 is 10.0 Å². The van der Waals surface area contributed by atoms with Crippen LogP contribution in [0, 0.1) is 6.92 Å². The Kier molecular flexibility index (Phi) is 4.13. The molecule has 0 spiro atoms. The van der Waals surface area contributed by atoms with Crippen molar-refractivity contribution in [2.75, 3.05) is 12.3 Å². The van der Waals surface area contributed by atoms with Gasteiger partial charge in [-0.1, -0.05) is 0 Å². The number of aromatic nitrogens is 2. The largest absolute Gasteiger partial charge is 0.384 e. The average Bonchev–Trinajstić information content (AvgIpc) is 2.75. The Morgan fingerprint density at radius 3 is 2.89 bits per heavy atom. The van der Waals surface area contributed by atoms with Crippen molar-refractivity contribution in [3.63, 3.8) is 0 Å². The molecule has 3 N–H and O–H groups in total. The van der Waals surface area contributed by atoms with Crippen molar-refractivity contribution < 1.29 is 8.42 Å². The molecule has 0 atom stereocenters. The smallest absolute Gasteiger partial charge is 0.240 e. The van der Waals surface area contributed by atoms with Crippen molar-refractivity contribution in [3.05, 3.63) is 34.4 Å². The van der Waals surface area contributed by atoms with Gasteiger partial charge in [0.05, 0.1) is 9.90 Å². The number of anilines is 1. The van der Waals surface area contributed by atoms with Crippen LogP contribution >= 0.6 is 11.3 Å². The Balaban J connectivity index is 1.98. The highest BCUT2D eigenvalue weighted by atomic mass is 32.2. The second-order valence-corrected chi connectivity index (χ2v) is 6.66. The number of sulfonamides is 1. The lowest BCUT2D eigenvalue weighted by molar-refractivity contribution is 0.581. The molecular formula is C11H14N4O2S2. The van der Waals surface area contributed by atoms with Gasteiger partial charge in [-0.15, -0.1) is 11.3 Å². The molecule has 6 nitrogen and oxygen atoms in total. The van der Waals surface area contributed by atoms with Gasteiger partial charge in [0.15, 0.2) is 0 Å². The average molecular weight is 298 g/mol. The molecule has 102 valence electrons. The number of rotatable bonds is 5. The summed E-state index contributed by atoms with van der Waals surface area (Å²) in [6.45, 7) is 2.21. The molecule has 0 unspecified atom stereocenters. The minimum atomic E-state index is -3.54. The summed E-state index contributed by atoms with van der Waals surface area (Å²) >= 11 is 1.52. The van der Waals surface area contributed by atoms with Crippen molar-refractivity contribution in [1.29, 1.82) is 0 Å². The van der Waals surface area contributed by atoms with Gasteiger partial charge in [-0.3, -0.25) is 0 Å². The summed E-state index contributed by atoms with van der Waals surface area (Å²) in [5, 5.41) is 2.85. The van der Waals surface area contributed by atoms with Gasteiger partial charge >= 0.3 is 0 Å². The van der Waals surface area contributed by atoms with Crippen LogP contribution in [0.2, 0.25) is 0 Å². The van der Waals surface area contributed by atoms with Crippen LogP contribution in [0.25, 0.3) is 0 Å². The molecule has 0 amide bonds. The summed E-state index contributed by atoms with van der Waals surface area (Å²) in [4.78, 5) is 8.15. The number of nitrogen functional groups attached to an aromatic ring is 1. The van der Waals surface area contributed by atoms with Crippen LogP contribution in [0.3, 0.4) is 0 Å². The molecule has 0 bridgehead atoms. The molecule has 2 rings (SSSR count). The lowest BCUT2D eigenvalue weighted by Crippen LogP contribution is -2.26. The van der Waals surface area contributed by atoms with Crippen molar-refractivity contribution in [3.8, 4) is 0 Å². The van der Waals surface area contributed by atoms with E-state index >= 15 is 0 Å². The van der Waals surface area contributed by atoms with E-state index in [0.29, 0.717) is 13.0 Å². The van der Waals surface area contributed by atoms with E-state index in [1.807, 2.05) is 12.3 Å². The molecule has 8 heteroatoms. The van der Waals surface area contributed by atoms with E-state index in [0.717, 1.165) is 10.7 Å². The number of nitrogens with one attached hydrogen (secondary N) is 1. The number of nitrogens with zero attached hydrogens (tertiary/aromatic N) is 2. The van der Waals surface area contributed by atoms with Crippen LogP contribution in [0.4, 0.5) is 5.82 Å². The SMILES string of the molecule is Cc1csc(CCNS(=O)(=O)c2ccnc(N)c2)n1. The summed E-state index contributed by atoms with van der Waals surface area (Å²) < 4.78 is 26.5. The zero-order chi connectivity index (χ0) is 13.9. The maximum Gasteiger partial charge on any atom is 0.240 e. The summed E-state index contributed by atoms with van der Waals surface area (Å²) in [7, 11) is -3.54. The quantitative estimate of drug-likeness (QED) is 0.856. The third-order valence-electron chi connectivity index (χ3n) is 2.36. The zero-order valence-corrected chi connectivity index (χ0v) is 12.0. The molecule has 0 saturated heterocycles. The van der Waals surface area contributed by atoms with Crippen molar-refractivity contribution in [2.45, 2.75) is 18.2 Å². The Hall–Kier alpha value is -1.51. The van der Waals surface area contributed by atoms with Gasteiger partial charge < -0.3 is 5.73 Å². The molecular weight excluding hydrogens is 284 g/mol. The molecule has 0 aliphatic rings. The van der Waals surface area contributed by atoms with E-state index in [2.05, 4.69) is 14.7 Å². The van der Waals surface area contributed by atoms with Gasteiger partial charge in [-0.05, 0) is 13.0 Å². The second kappa shape index (κ2) is 5.64. The number of hydrogen-bond donors (Lipinski definition) is 2. The monoisotopic (exact) mass is 298 g/mol. The molecule has 0 saturated carbocycles. The van der Waals surface area contributed by atoms with E-state index in [-0.39, 0.29) is 10.7 Å². The number of pyridine rings is 1. The third-order valence-corrected chi connectivity index (χ3v) is 4.85. The van der Waals surface area contributed by atoms with Gasteiger partial charge in [0.1, 0.15) is 5.82 Å². The van der Waals surface area contributed by atoms with E-state index in [1.54, 1.807) is 0 Å². The zero-order valence-electron chi connectivity index (χ0n) is 10.3. The lowest BCUT2D eigenvalue weighted by Gasteiger charge is -2.05. The number of nitrogens with two attached hydrogens (primary N) is 1. The van der Waals surface area contributed by atoms with Crippen molar-refractivity contribution >= 4 is 27.2 Å². The molecule has 0 aliphatic heterocycles. The summed E-state index contributed by atoms with van der Waals surface area (Å²) in [5.74, 6) is 0.179. The predicted octanol–water partition coefficient (Wildman–Crippen LogP) is 0.950. The summed E-state index contributed by atoms with van der Waals surface area (Å²) in [5.41, 5.74) is 6.41. The van der Waals surface area contributed by atoms with E-state index in [9.17, 15) is 8.42 Å². The Labute approximate surface area is 115 Å². The fourth-order valence-corrected chi connectivity index (χ4v) is 3.32. The standard InChI is InChI=1S/C11H14N4O2S2/c1-8-7-18-11(15-8)3-5-14-19(16,17)9-2-4-13-10(12)6-9/h2,4,6-7,14H,3,5H2,1H3,(H2,12,13). The number of hydrogen-bond acceptors (Lipinski definition) is 6. The highest BCUT2D eigenvalue weighted by molar-refractivity contribution is 7.89. The fraction of sp³-hybridized carbons (Fsp3) is 0.273. The third kappa shape index (κ3) is 3.72. The molecule has 2 aromatic rings. The van der Waals surface area contributed by atoms with Crippen LogP contribution < -0.4 is 10.5 Å². The van der Waals surface area contributed by atoms with E-state index in [1.165, 1.54) is 29.7 Å². The predicted molar refractivity (Wildman–Crippen MR) is 74.4 cm³/mol. The first kappa shape index (κ1) is 13.9. The van der Waals surface area contributed by atoms with Crippen LogP contribution in [0.1, 0.15) is 10.7 Å². The fourth-order valence-electron chi connectivity index (χ4n) is 1.49. The molecule has 2 heterocycles. The van der Waals surface area contributed by atoms with Crippen LogP contribution in [-0.4, -0.2) is 24.9 Å². The van der Waals surface area contributed by atoms with Gasteiger partial charge in [-0.2, -0.15) is 0 Å². The molecule has 2 aromatic heterocycles. The van der Waals surface area contributed by atoms with Gasteiger partial charge in [-0.25, -0.2) is 23.1 Å². The first-order valence-electron chi connectivity index (χ1n) is 5.59. The first-order valence-corrected chi connectivity index (χ1v) is 7.96. The molecule has 19 heavy (non-hydrogen) atoms. The van der Waals surface area contributed by atoms with Crippen LogP contribution in [-0.2, 0) is 16.4 Å². The highest BCUT2D eigenvalue weighted by Crippen LogP contribution is 2.11. The Bertz CT molecular complexity index is 667. The molecule has 0 aromatic carbocycles. The van der Waals surface area contributed by atoms with Gasteiger partial charge in [0.25, 0.3) is 0 Å².